The average Bonchev–Trinajstić information content (AvgIpc) is 3.60. The van der Waals surface area contributed by atoms with E-state index in [4.69, 9.17) is 9.40 Å². The summed E-state index contributed by atoms with van der Waals surface area (Å²) < 4.78 is 21.3. The van der Waals surface area contributed by atoms with Gasteiger partial charge in [-0.2, -0.15) is 0 Å². The Morgan fingerprint density at radius 1 is 0.929 bits per heavy atom. The number of nitrogens with zero attached hydrogens (tertiary/aromatic N) is 3. The SMILES string of the molecule is Cc1ccc2nc(N3C(=O)c4oc5ccc(F)cc5c(=O)c4C34C(=O)N(Cc3ccccc3)c3ccccc34)sc2c1. The van der Waals surface area contributed by atoms with Crippen molar-refractivity contribution in [1.82, 2.24) is 4.98 Å². The molecule has 2 aromatic heterocycles. The van der Waals surface area contributed by atoms with Crippen LogP contribution in [0, 0.1) is 12.7 Å². The van der Waals surface area contributed by atoms with Crippen molar-refractivity contribution in [1.29, 1.82) is 0 Å². The van der Waals surface area contributed by atoms with Crippen LogP contribution in [0.2, 0.25) is 0 Å². The lowest BCUT2D eigenvalue weighted by atomic mass is 9.84. The molecule has 2 aliphatic rings. The van der Waals surface area contributed by atoms with Crippen LogP contribution in [-0.4, -0.2) is 16.8 Å². The quantitative estimate of drug-likeness (QED) is 0.248. The third-order valence-electron chi connectivity index (χ3n) is 7.99. The monoisotopic (exact) mass is 573 g/mol. The van der Waals surface area contributed by atoms with Gasteiger partial charge in [0, 0.05) is 5.56 Å². The fourth-order valence-corrected chi connectivity index (χ4v) is 7.29. The number of hydrogen-bond donors (Lipinski definition) is 0. The number of carbonyl (C=O) groups excluding carboxylic acids is 2. The van der Waals surface area contributed by atoms with E-state index in [0.29, 0.717) is 16.8 Å². The minimum absolute atomic E-state index is 0.0468. The number of para-hydroxylation sites is 1. The predicted molar refractivity (Wildman–Crippen MR) is 158 cm³/mol. The lowest BCUT2D eigenvalue weighted by molar-refractivity contribution is -0.121. The van der Waals surface area contributed by atoms with Gasteiger partial charge >= 0.3 is 0 Å². The van der Waals surface area contributed by atoms with Gasteiger partial charge in [0.25, 0.3) is 11.8 Å². The number of aryl methyl sites for hydroxylation is 1. The van der Waals surface area contributed by atoms with Gasteiger partial charge in [-0.15, -0.1) is 0 Å². The molecule has 0 radical (unpaired) electrons. The molecule has 9 heteroatoms. The molecule has 42 heavy (non-hydrogen) atoms. The molecule has 0 aliphatic carbocycles. The predicted octanol–water partition coefficient (Wildman–Crippen LogP) is 6.30. The molecule has 0 saturated carbocycles. The molecule has 2 amide bonds. The summed E-state index contributed by atoms with van der Waals surface area (Å²) in [6.07, 6.45) is 0. The number of anilines is 2. The Morgan fingerprint density at radius 3 is 2.55 bits per heavy atom. The van der Waals surface area contributed by atoms with Crippen molar-refractivity contribution in [3.63, 3.8) is 0 Å². The molecule has 4 aromatic carbocycles. The third kappa shape index (κ3) is 3.19. The Bertz CT molecular complexity index is 2190. The van der Waals surface area contributed by atoms with Crippen molar-refractivity contribution in [2.45, 2.75) is 19.0 Å². The molecular weight excluding hydrogens is 553 g/mol. The van der Waals surface area contributed by atoms with E-state index in [1.807, 2.05) is 61.5 Å². The fraction of sp³-hybridized carbons (Fsp3) is 0.0909. The number of fused-ring (bicyclic) bond motifs is 6. The molecule has 1 unspecified atom stereocenters. The summed E-state index contributed by atoms with van der Waals surface area (Å²) in [6.45, 7) is 2.17. The van der Waals surface area contributed by atoms with Gasteiger partial charge in [-0.3, -0.25) is 19.3 Å². The number of aromatic nitrogens is 1. The molecule has 6 aromatic rings. The molecule has 204 valence electrons. The highest BCUT2D eigenvalue weighted by Gasteiger charge is 2.66. The molecule has 1 atom stereocenters. The largest absolute Gasteiger partial charge is 0.450 e. The van der Waals surface area contributed by atoms with Crippen molar-refractivity contribution in [2.24, 2.45) is 0 Å². The highest BCUT2D eigenvalue weighted by Crippen LogP contribution is 2.55. The maximum Gasteiger partial charge on any atom is 0.297 e. The Balaban J connectivity index is 1.47. The summed E-state index contributed by atoms with van der Waals surface area (Å²) in [6, 6.07) is 25.9. The first-order chi connectivity index (χ1) is 20.4. The van der Waals surface area contributed by atoms with Crippen molar-refractivity contribution < 1.29 is 18.4 Å². The zero-order valence-electron chi connectivity index (χ0n) is 22.1. The van der Waals surface area contributed by atoms with Crippen LogP contribution in [0.4, 0.5) is 15.2 Å². The van der Waals surface area contributed by atoms with Crippen molar-refractivity contribution in [2.75, 3.05) is 9.80 Å². The summed E-state index contributed by atoms with van der Waals surface area (Å²) in [5.74, 6) is -2.03. The fourth-order valence-electron chi connectivity index (χ4n) is 6.17. The van der Waals surface area contributed by atoms with E-state index in [-0.39, 0.29) is 34.0 Å². The molecule has 0 bridgehead atoms. The van der Waals surface area contributed by atoms with Gasteiger partial charge in [-0.25, -0.2) is 9.37 Å². The molecule has 4 heterocycles. The zero-order chi connectivity index (χ0) is 28.7. The topological polar surface area (TPSA) is 83.7 Å². The Morgan fingerprint density at radius 2 is 1.71 bits per heavy atom. The summed E-state index contributed by atoms with van der Waals surface area (Å²) in [5.41, 5.74) is 0.960. The van der Waals surface area contributed by atoms with Crippen LogP contribution in [0.1, 0.15) is 32.8 Å². The summed E-state index contributed by atoms with van der Waals surface area (Å²) >= 11 is 1.26. The van der Waals surface area contributed by atoms with Crippen molar-refractivity contribution in [3.05, 3.63) is 135 Å². The second-order valence-corrected chi connectivity index (χ2v) is 11.5. The van der Waals surface area contributed by atoms with Gasteiger partial charge in [0.15, 0.2) is 16.1 Å². The Hall–Kier alpha value is -5.15. The van der Waals surface area contributed by atoms with Gasteiger partial charge in [-0.1, -0.05) is 65.9 Å². The van der Waals surface area contributed by atoms with Crippen LogP contribution in [0.25, 0.3) is 21.2 Å². The van der Waals surface area contributed by atoms with E-state index in [0.717, 1.165) is 28.0 Å². The van der Waals surface area contributed by atoms with Crippen LogP contribution in [0.3, 0.4) is 0 Å². The Kier molecular flexibility index (Phi) is 5.09. The van der Waals surface area contributed by atoms with E-state index >= 15 is 0 Å². The Labute approximate surface area is 242 Å². The second kappa shape index (κ2) is 8.67. The van der Waals surface area contributed by atoms with E-state index in [2.05, 4.69) is 0 Å². The van der Waals surface area contributed by atoms with E-state index in [1.54, 1.807) is 23.1 Å². The van der Waals surface area contributed by atoms with E-state index in [1.165, 1.54) is 22.3 Å². The van der Waals surface area contributed by atoms with Crippen LogP contribution < -0.4 is 15.2 Å². The minimum Gasteiger partial charge on any atom is -0.450 e. The highest BCUT2D eigenvalue weighted by atomic mass is 32.1. The summed E-state index contributed by atoms with van der Waals surface area (Å²) in [4.78, 5) is 51.3. The zero-order valence-corrected chi connectivity index (χ0v) is 22.9. The lowest BCUT2D eigenvalue weighted by Gasteiger charge is -2.32. The molecule has 1 spiro atoms. The average molecular weight is 574 g/mol. The standard InChI is InChI=1S/C33H20FN3O4S/c1-18-11-13-23-26(15-18)42-32(35-23)37-30(39)29-27(28(38)21-16-20(34)12-14-25(21)41-29)33(37)22-9-5-6-10-24(22)36(31(33)40)17-19-7-3-2-4-8-19/h2-16H,17H2,1H3. The van der Waals surface area contributed by atoms with Crippen molar-refractivity contribution in [3.8, 4) is 0 Å². The molecule has 7 nitrogen and oxygen atoms in total. The van der Waals surface area contributed by atoms with E-state index < -0.39 is 28.6 Å². The van der Waals surface area contributed by atoms with Gasteiger partial charge in [0.1, 0.15) is 11.4 Å². The smallest absolute Gasteiger partial charge is 0.297 e. The molecule has 0 saturated heterocycles. The van der Waals surface area contributed by atoms with Crippen LogP contribution in [0.15, 0.2) is 100 Å². The first-order valence-electron chi connectivity index (χ1n) is 13.3. The third-order valence-corrected chi connectivity index (χ3v) is 9.00. The van der Waals surface area contributed by atoms with Crippen LogP contribution in [0.5, 0.6) is 0 Å². The number of amides is 2. The van der Waals surface area contributed by atoms with E-state index in [9.17, 15) is 18.8 Å². The summed E-state index contributed by atoms with van der Waals surface area (Å²) in [5, 5.41) is 0.209. The number of thiazole rings is 1. The molecular formula is C33H20FN3O4S. The van der Waals surface area contributed by atoms with Gasteiger partial charge < -0.3 is 9.32 Å². The molecule has 8 rings (SSSR count). The van der Waals surface area contributed by atoms with Crippen LogP contribution >= 0.6 is 11.3 Å². The number of rotatable bonds is 3. The normalized spacial score (nSPS) is 17.6. The number of halogens is 1. The molecule has 0 fully saturated rings. The van der Waals surface area contributed by atoms with Crippen LogP contribution in [-0.2, 0) is 16.9 Å². The number of benzene rings is 4. The maximum absolute atomic E-state index is 15.0. The van der Waals surface area contributed by atoms with Gasteiger partial charge in [0.2, 0.25) is 5.76 Å². The first kappa shape index (κ1) is 24.6. The second-order valence-electron chi connectivity index (χ2n) is 10.5. The maximum atomic E-state index is 15.0. The number of hydrogen-bond acceptors (Lipinski definition) is 6. The van der Waals surface area contributed by atoms with Gasteiger partial charge in [-0.05, 0) is 54.4 Å². The lowest BCUT2D eigenvalue weighted by Crippen LogP contribution is -2.53. The summed E-state index contributed by atoms with van der Waals surface area (Å²) in [7, 11) is 0. The first-order valence-corrected chi connectivity index (χ1v) is 14.1. The number of carbonyl (C=O) groups is 2. The molecule has 2 aliphatic heterocycles. The molecule has 0 N–H and O–H groups in total. The minimum atomic E-state index is -1.90. The van der Waals surface area contributed by atoms with Gasteiger partial charge in [0.05, 0.1) is 33.4 Å². The highest BCUT2D eigenvalue weighted by molar-refractivity contribution is 7.22. The van der Waals surface area contributed by atoms with Crippen molar-refractivity contribution >= 4 is 55.2 Å².